The van der Waals surface area contributed by atoms with Gasteiger partial charge in [-0.3, -0.25) is 4.79 Å². The number of hydrogen-bond donors (Lipinski definition) is 1. The zero-order valence-electron chi connectivity index (χ0n) is 13.4. The molecule has 8 heteroatoms. The summed E-state index contributed by atoms with van der Waals surface area (Å²) in [4.78, 5) is 12.0. The molecular weight excluding hydrogens is 399 g/mol. The van der Waals surface area contributed by atoms with Crippen LogP contribution in [0.25, 0.3) is 11.3 Å². The van der Waals surface area contributed by atoms with Gasteiger partial charge in [0.25, 0.3) is 0 Å². The minimum Gasteiger partial charge on any atom is -0.455 e. The van der Waals surface area contributed by atoms with Gasteiger partial charge in [0.1, 0.15) is 11.5 Å². The molecular formula is C17H16Cl2N2O2S2. The Bertz CT molecular complexity index is 802. The van der Waals surface area contributed by atoms with Crippen LogP contribution >= 0.6 is 46.7 Å². The van der Waals surface area contributed by atoms with Crippen molar-refractivity contribution < 1.29 is 9.21 Å². The smallest absolute Gasteiger partial charge is 0.242 e. The van der Waals surface area contributed by atoms with Crippen molar-refractivity contribution in [1.29, 1.82) is 0 Å². The van der Waals surface area contributed by atoms with Gasteiger partial charge in [-0.05, 0) is 37.3 Å². The second-order valence-corrected chi connectivity index (χ2v) is 9.92. The van der Waals surface area contributed by atoms with Gasteiger partial charge in [-0.25, -0.2) is 5.43 Å². The van der Waals surface area contributed by atoms with Crippen LogP contribution in [0.5, 0.6) is 0 Å². The third-order valence-corrected chi connectivity index (χ3v) is 7.42. The summed E-state index contributed by atoms with van der Waals surface area (Å²) in [6.45, 7) is 2.09. The van der Waals surface area contributed by atoms with E-state index in [1.165, 1.54) is 6.21 Å². The van der Waals surface area contributed by atoms with E-state index in [4.69, 9.17) is 27.6 Å². The molecule has 4 nitrogen and oxygen atoms in total. The number of furan rings is 1. The maximum Gasteiger partial charge on any atom is 0.242 e. The van der Waals surface area contributed by atoms with Crippen LogP contribution in [0.2, 0.25) is 10.0 Å². The lowest BCUT2D eigenvalue weighted by Gasteiger charge is -2.19. The van der Waals surface area contributed by atoms with Crippen LogP contribution in [0.1, 0.15) is 19.1 Å². The highest BCUT2D eigenvalue weighted by Gasteiger charge is 2.32. The molecule has 1 aliphatic heterocycles. The molecule has 3 rings (SSSR count). The van der Waals surface area contributed by atoms with E-state index in [0.29, 0.717) is 28.0 Å². The fraction of sp³-hybridized carbons (Fsp3) is 0.294. The molecule has 1 aliphatic rings. The maximum absolute atomic E-state index is 12.0. The largest absolute Gasteiger partial charge is 0.455 e. The van der Waals surface area contributed by atoms with E-state index in [2.05, 4.69) is 17.5 Å². The lowest BCUT2D eigenvalue weighted by atomic mass is 10.2. The molecule has 2 aromatic rings. The fourth-order valence-electron chi connectivity index (χ4n) is 2.41. The number of hydrogen-bond acceptors (Lipinski definition) is 5. The van der Waals surface area contributed by atoms with E-state index in [0.717, 1.165) is 17.1 Å². The lowest BCUT2D eigenvalue weighted by molar-refractivity contribution is -0.121. The van der Waals surface area contributed by atoms with Crippen LogP contribution in [-0.4, -0.2) is 27.7 Å². The van der Waals surface area contributed by atoms with Gasteiger partial charge in [0.05, 0.1) is 21.7 Å². The predicted molar refractivity (Wildman–Crippen MR) is 108 cm³/mol. The van der Waals surface area contributed by atoms with Crippen molar-refractivity contribution in [2.75, 3.05) is 11.5 Å². The Balaban J connectivity index is 1.59. The maximum atomic E-state index is 12.0. The molecule has 1 fully saturated rings. The third kappa shape index (κ3) is 4.97. The SMILES string of the molecule is CC1(CC(=O)N/N=C\c2ccc(-c3ccc(Cl)cc3Cl)o2)SCCS1. The second-order valence-electron chi connectivity index (χ2n) is 5.63. The molecule has 1 saturated heterocycles. The first-order valence-corrected chi connectivity index (χ1v) is 10.3. The highest BCUT2D eigenvalue weighted by Crippen LogP contribution is 2.45. The van der Waals surface area contributed by atoms with Crippen LogP contribution in [0.15, 0.2) is 39.9 Å². The number of halogens is 2. The van der Waals surface area contributed by atoms with E-state index in [1.807, 2.05) is 23.5 Å². The van der Waals surface area contributed by atoms with E-state index in [1.54, 1.807) is 30.3 Å². The van der Waals surface area contributed by atoms with E-state index >= 15 is 0 Å². The van der Waals surface area contributed by atoms with Crippen LogP contribution in [0.4, 0.5) is 0 Å². The predicted octanol–water partition coefficient (Wildman–Crippen LogP) is 5.29. The number of hydrazone groups is 1. The summed E-state index contributed by atoms with van der Waals surface area (Å²) in [6.07, 6.45) is 1.91. The van der Waals surface area contributed by atoms with Crippen molar-refractivity contribution in [3.05, 3.63) is 46.1 Å². The lowest BCUT2D eigenvalue weighted by Crippen LogP contribution is -2.26. The first-order chi connectivity index (χ1) is 12.0. The van der Waals surface area contributed by atoms with Crippen LogP contribution < -0.4 is 5.43 Å². The molecule has 0 aliphatic carbocycles. The van der Waals surface area contributed by atoms with Gasteiger partial charge in [0.15, 0.2) is 0 Å². The van der Waals surface area contributed by atoms with E-state index < -0.39 is 0 Å². The van der Waals surface area contributed by atoms with Crippen LogP contribution in [-0.2, 0) is 4.79 Å². The Morgan fingerprint density at radius 3 is 2.80 bits per heavy atom. The molecule has 0 unspecified atom stereocenters. The molecule has 0 bridgehead atoms. The highest BCUT2D eigenvalue weighted by molar-refractivity contribution is 8.21. The molecule has 1 aromatic carbocycles. The monoisotopic (exact) mass is 414 g/mol. The Hall–Kier alpha value is -1.08. The molecule has 0 spiro atoms. The molecule has 0 radical (unpaired) electrons. The number of carbonyl (C=O) groups is 1. The number of carbonyl (C=O) groups excluding carboxylic acids is 1. The zero-order chi connectivity index (χ0) is 17.9. The summed E-state index contributed by atoms with van der Waals surface area (Å²) in [5.74, 6) is 3.20. The van der Waals surface area contributed by atoms with Gasteiger partial charge >= 0.3 is 0 Å². The third-order valence-electron chi connectivity index (χ3n) is 3.58. The van der Waals surface area contributed by atoms with Gasteiger partial charge < -0.3 is 4.42 Å². The van der Waals surface area contributed by atoms with Crippen molar-refractivity contribution in [1.82, 2.24) is 5.43 Å². The fourth-order valence-corrected chi connectivity index (χ4v) is 5.75. The standard InChI is InChI=1S/C17H16Cl2N2O2S2/c1-17(24-6-7-25-17)9-16(22)21-20-10-12-3-5-15(23-12)13-4-2-11(18)8-14(13)19/h2-5,8,10H,6-7,9H2,1H3,(H,21,22)/b20-10-. The molecule has 1 N–H and O–H groups in total. The number of thioether (sulfide) groups is 2. The quantitative estimate of drug-likeness (QED) is 0.533. The van der Waals surface area contributed by atoms with Crippen molar-refractivity contribution in [2.24, 2.45) is 5.10 Å². The topological polar surface area (TPSA) is 54.6 Å². The van der Waals surface area contributed by atoms with Gasteiger partial charge in [0, 0.05) is 22.1 Å². The Kier molecular flexibility index (Phi) is 6.04. The summed E-state index contributed by atoms with van der Waals surface area (Å²) in [5.41, 5.74) is 3.30. The number of nitrogens with zero attached hydrogens (tertiary/aromatic N) is 1. The number of nitrogens with one attached hydrogen (secondary N) is 1. The molecule has 2 heterocycles. The summed E-state index contributed by atoms with van der Waals surface area (Å²) in [7, 11) is 0. The Labute approximate surface area is 164 Å². The van der Waals surface area contributed by atoms with Crippen LogP contribution in [0, 0.1) is 0 Å². The van der Waals surface area contributed by atoms with Gasteiger partial charge in [-0.15, -0.1) is 23.5 Å². The zero-order valence-corrected chi connectivity index (χ0v) is 16.6. The summed E-state index contributed by atoms with van der Waals surface area (Å²) < 4.78 is 5.64. The normalized spacial score (nSPS) is 16.4. The summed E-state index contributed by atoms with van der Waals surface area (Å²) in [6, 6.07) is 8.77. The molecule has 1 aromatic heterocycles. The van der Waals surface area contributed by atoms with Gasteiger partial charge in [-0.2, -0.15) is 5.10 Å². The number of benzene rings is 1. The minimum atomic E-state index is -0.104. The number of amides is 1. The minimum absolute atomic E-state index is 0.0528. The van der Waals surface area contributed by atoms with Crippen LogP contribution in [0.3, 0.4) is 0 Å². The average molecular weight is 415 g/mol. The highest BCUT2D eigenvalue weighted by atomic mass is 35.5. The molecule has 132 valence electrons. The molecule has 0 saturated carbocycles. The Morgan fingerprint density at radius 1 is 1.32 bits per heavy atom. The summed E-state index contributed by atoms with van der Waals surface area (Å²) in [5, 5.41) is 5.05. The van der Waals surface area contributed by atoms with E-state index in [-0.39, 0.29) is 9.99 Å². The second kappa shape index (κ2) is 8.08. The van der Waals surface area contributed by atoms with Crippen molar-refractivity contribution >= 4 is 58.8 Å². The Morgan fingerprint density at radius 2 is 2.08 bits per heavy atom. The molecule has 25 heavy (non-hydrogen) atoms. The van der Waals surface area contributed by atoms with Crippen molar-refractivity contribution in [2.45, 2.75) is 17.4 Å². The number of rotatable bonds is 5. The van der Waals surface area contributed by atoms with Crippen molar-refractivity contribution in [3.63, 3.8) is 0 Å². The molecule has 0 atom stereocenters. The first-order valence-electron chi connectivity index (χ1n) is 7.60. The van der Waals surface area contributed by atoms with Crippen molar-refractivity contribution in [3.8, 4) is 11.3 Å². The van der Waals surface area contributed by atoms with Gasteiger partial charge in [0.2, 0.25) is 5.91 Å². The van der Waals surface area contributed by atoms with Gasteiger partial charge in [-0.1, -0.05) is 23.2 Å². The average Bonchev–Trinajstić information content (AvgIpc) is 3.17. The molecule has 1 amide bonds. The first kappa shape index (κ1) is 18.7. The summed E-state index contributed by atoms with van der Waals surface area (Å²) >= 11 is 15.7. The van der Waals surface area contributed by atoms with E-state index in [9.17, 15) is 4.79 Å².